The average molecular weight is 407 g/mol. The molecule has 0 fully saturated rings. The molecule has 8 nitrogen and oxygen atoms in total. The fraction of sp³-hybridized carbons (Fsp3) is 0.368. The Labute approximate surface area is 165 Å². The molecule has 0 unspecified atom stereocenters. The SMILES string of the molecule is COCCOc1ncccc1NC(=O)CCNS(=O)(=O)c1ccc(C)c(C)c1. The maximum Gasteiger partial charge on any atom is 0.240 e. The molecule has 0 saturated carbocycles. The number of methoxy groups -OCH3 is 1. The molecule has 1 aromatic heterocycles. The summed E-state index contributed by atoms with van der Waals surface area (Å²) >= 11 is 0. The smallest absolute Gasteiger partial charge is 0.240 e. The summed E-state index contributed by atoms with van der Waals surface area (Å²) in [5.74, 6) is -0.0732. The Morgan fingerprint density at radius 3 is 2.64 bits per heavy atom. The van der Waals surface area contributed by atoms with Crippen LogP contribution < -0.4 is 14.8 Å². The van der Waals surface area contributed by atoms with E-state index in [0.29, 0.717) is 18.9 Å². The fourth-order valence-corrected chi connectivity index (χ4v) is 3.42. The number of hydrogen-bond donors (Lipinski definition) is 2. The lowest BCUT2D eigenvalue weighted by Gasteiger charge is -2.11. The van der Waals surface area contributed by atoms with Gasteiger partial charge in [0, 0.05) is 26.3 Å². The van der Waals surface area contributed by atoms with Crippen LogP contribution >= 0.6 is 0 Å². The highest BCUT2D eigenvalue weighted by molar-refractivity contribution is 7.89. The molecule has 1 amide bonds. The number of ether oxygens (including phenoxy) is 2. The first-order valence-electron chi connectivity index (χ1n) is 8.77. The Morgan fingerprint density at radius 2 is 1.93 bits per heavy atom. The quantitative estimate of drug-likeness (QED) is 0.584. The summed E-state index contributed by atoms with van der Waals surface area (Å²) in [6.45, 7) is 4.43. The Bertz CT molecular complexity index is 916. The van der Waals surface area contributed by atoms with Gasteiger partial charge in [0.05, 0.1) is 11.5 Å². The first-order chi connectivity index (χ1) is 13.3. The van der Waals surface area contributed by atoms with Crippen LogP contribution in [0.2, 0.25) is 0 Å². The first kappa shape index (κ1) is 21.8. The Morgan fingerprint density at radius 1 is 1.14 bits per heavy atom. The van der Waals surface area contributed by atoms with E-state index in [-0.39, 0.29) is 29.6 Å². The van der Waals surface area contributed by atoms with Crippen molar-refractivity contribution in [2.75, 3.05) is 32.2 Å². The van der Waals surface area contributed by atoms with Crippen molar-refractivity contribution in [3.63, 3.8) is 0 Å². The Kier molecular flexibility index (Phi) is 7.91. The summed E-state index contributed by atoms with van der Waals surface area (Å²) in [4.78, 5) is 16.4. The lowest BCUT2D eigenvalue weighted by Crippen LogP contribution is -2.28. The van der Waals surface area contributed by atoms with Gasteiger partial charge in [0.2, 0.25) is 21.8 Å². The van der Waals surface area contributed by atoms with E-state index in [4.69, 9.17) is 9.47 Å². The van der Waals surface area contributed by atoms with Crippen molar-refractivity contribution in [2.45, 2.75) is 25.2 Å². The van der Waals surface area contributed by atoms with Gasteiger partial charge in [-0.15, -0.1) is 0 Å². The zero-order chi connectivity index (χ0) is 20.6. The van der Waals surface area contributed by atoms with Gasteiger partial charge in [-0.05, 0) is 49.2 Å². The highest BCUT2D eigenvalue weighted by Gasteiger charge is 2.15. The van der Waals surface area contributed by atoms with Crippen molar-refractivity contribution >= 4 is 21.6 Å². The molecule has 0 bridgehead atoms. The van der Waals surface area contributed by atoms with Gasteiger partial charge < -0.3 is 14.8 Å². The molecular formula is C19H25N3O5S. The van der Waals surface area contributed by atoms with Crippen molar-refractivity contribution in [1.29, 1.82) is 0 Å². The minimum absolute atomic E-state index is 0.0266. The summed E-state index contributed by atoms with van der Waals surface area (Å²) in [6.07, 6.45) is 1.52. The first-order valence-corrected chi connectivity index (χ1v) is 10.3. The molecule has 9 heteroatoms. The van der Waals surface area contributed by atoms with Crippen molar-refractivity contribution < 1.29 is 22.7 Å². The molecule has 0 aliphatic carbocycles. The van der Waals surface area contributed by atoms with Gasteiger partial charge in [-0.25, -0.2) is 18.1 Å². The van der Waals surface area contributed by atoms with Crippen LogP contribution in [0.15, 0.2) is 41.4 Å². The molecule has 28 heavy (non-hydrogen) atoms. The number of benzene rings is 1. The van der Waals surface area contributed by atoms with Gasteiger partial charge in [0.1, 0.15) is 12.3 Å². The van der Waals surface area contributed by atoms with E-state index in [0.717, 1.165) is 11.1 Å². The summed E-state index contributed by atoms with van der Waals surface area (Å²) < 4.78 is 37.5. The van der Waals surface area contributed by atoms with E-state index in [1.54, 1.807) is 43.6 Å². The maximum absolute atomic E-state index is 12.4. The van der Waals surface area contributed by atoms with Gasteiger partial charge >= 0.3 is 0 Å². The molecule has 0 aliphatic rings. The molecule has 0 spiro atoms. The number of amides is 1. The van der Waals surface area contributed by atoms with E-state index < -0.39 is 10.0 Å². The van der Waals surface area contributed by atoms with E-state index in [2.05, 4.69) is 15.0 Å². The zero-order valence-corrected chi connectivity index (χ0v) is 17.0. The number of pyridine rings is 1. The summed E-state index contributed by atoms with van der Waals surface area (Å²) in [6, 6.07) is 8.23. The van der Waals surface area contributed by atoms with Crippen molar-refractivity contribution in [2.24, 2.45) is 0 Å². The molecule has 2 aromatic rings. The highest BCUT2D eigenvalue weighted by atomic mass is 32.2. The Balaban J connectivity index is 1.90. The van der Waals surface area contributed by atoms with Gasteiger partial charge in [-0.1, -0.05) is 6.07 Å². The van der Waals surface area contributed by atoms with Gasteiger partial charge in [-0.3, -0.25) is 4.79 Å². The normalized spacial score (nSPS) is 11.2. The number of nitrogens with zero attached hydrogens (tertiary/aromatic N) is 1. The van der Waals surface area contributed by atoms with E-state index in [1.165, 1.54) is 0 Å². The van der Waals surface area contributed by atoms with Gasteiger partial charge in [0.25, 0.3) is 0 Å². The number of sulfonamides is 1. The largest absolute Gasteiger partial charge is 0.474 e. The minimum Gasteiger partial charge on any atom is -0.474 e. The predicted molar refractivity (Wildman–Crippen MR) is 106 cm³/mol. The van der Waals surface area contributed by atoms with Crippen molar-refractivity contribution in [3.8, 4) is 5.88 Å². The topological polar surface area (TPSA) is 107 Å². The van der Waals surface area contributed by atoms with E-state index in [1.807, 2.05) is 13.8 Å². The number of rotatable bonds is 10. The van der Waals surface area contributed by atoms with Gasteiger partial charge in [0.15, 0.2) is 0 Å². The molecule has 0 atom stereocenters. The van der Waals surface area contributed by atoms with Crippen LogP contribution in [0.25, 0.3) is 0 Å². The number of carbonyl (C=O) groups is 1. The summed E-state index contributed by atoms with van der Waals surface area (Å²) in [5.41, 5.74) is 2.32. The molecule has 0 aliphatic heterocycles. The van der Waals surface area contributed by atoms with E-state index in [9.17, 15) is 13.2 Å². The monoisotopic (exact) mass is 407 g/mol. The summed E-state index contributed by atoms with van der Waals surface area (Å²) in [5, 5.41) is 2.68. The second kappa shape index (κ2) is 10.2. The number of anilines is 1. The predicted octanol–water partition coefficient (Wildman–Crippen LogP) is 2.03. The minimum atomic E-state index is -3.67. The molecule has 152 valence electrons. The highest BCUT2D eigenvalue weighted by Crippen LogP contribution is 2.20. The number of hydrogen-bond acceptors (Lipinski definition) is 6. The van der Waals surface area contributed by atoms with Crippen molar-refractivity contribution in [1.82, 2.24) is 9.71 Å². The molecule has 0 radical (unpaired) electrons. The zero-order valence-electron chi connectivity index (χ0n) is 16.2. The number of aryl methyl sites for hydroxylation is 2. The van der Waals surface area contributed by atoms with Crippen LogP contribution in [0.1, 0.15) is 17.5 Å². The number of carbonyl (C=O) groups excluding carboxylic acids is 1. The maximum atomic E-state index is 12.4. The van der Waals surface area contributed by atoms with Crippen LogP contribution in [0.4, 0.5) is 5.69 Å². The standard InChI is InChI=1S/C19H25N3O5S/c1-14-6-7-16(13-15(14)2)28(24,25)21-10-8-18(23)22-17-5-4-9-20-19(17)27-12-11-26-3/h4-7,9,13,21H,8,10-12H2,1-3H3,(H,22,23). The second-order valence-corrected chi connectivity index (χ2v) is 7.91. The van der Waals surface area contributed by atoms with Crippen LogP contribution in [-0.2, 0) is 19.6 Å². The molecule has 1 heterocycles. The van der Waals surface area contributed by atoms with Crippen LogP contribution in [0.5, 0.6) is 5.88 Å². The lowest BCUT2D eigenvalue weighted by molar-refractivity contribution is -0.116. The molecular weight excluding hydrogens is 382 g/mol. The van der Waals surface area contributed by atoms with Crippen molar-refractivity contribution in [3.05, 3.63) is 47.7 Å². The lowest BCUT2D eigenvalue weighted by atomic mass is 10.1. The number of aromatic nitrogens is 1. The van der Waals surface area contributed by atoms with Gasteiger partial charge in [-0.2, -0.15) is 0 Å². The van der Waals surface area contributed by atoms with Crippen LogP contribution in [0, 0.1) is 13.8 Å². The van der Waals surface area contributed by atoms with Crippen LogP contribution in [-0.4, -0.2) is 46.2 Å². The molecule has 2 rings (SSSR count). The summed E-state index contributed by atoms with van der Waals surface area (Å²) in [7, 11) is -2.11. The molecule has 2 N–H and O–H groups in total. The number of nitrogens with one attached hydrogen (secondary N) is 2. The third-order valence-electron chi connectivity index (χ3n) is 4.00. The van der Waals surface area contributed by atoms with Crippen LogP contribution in [0.3, 0.4) is 0 Å². The third-order valence-corrected chi connectivity index (χ3v) is 5.46. The molecule has 1 aromatic carbocycles. The fourth-order valence-electron chi connectivity index (χ4n) is 2.30. The third kappa shape index (κ3) is 6.29. The average Bonchev–Trinajstić information content (AvgIpc) is 2.65. The second-order valence-electron chi connectivity index (χ2n) is 6.14. The Hall–Kier alpha value is -2.49. The molecule has 0 saturated heterocycles. The van der Waals surface area contributed by atoms with E-state index >= 15 is 0 Å².